The minimum absolute atomic E-state index is 0.420. The van der Waals surface area contributed by atoms with Crippen LogP contribution in [0.3, 0.4) is 0 Å². The Hall–Kier alpha value is -3.53. The number of H-pyrrole nitrogens is 1. The first-order valence-electron chi connectivity index (χ1n) is 9.31. The van der Waals surface area contributed by atoms with Crippen LogP contribution in [0.1, 0.15) is 22.8 Å². The van der Waals surface area contributed by atoms with E-state index in [1.165, 1.54) is 0 Å². The number of primary amides is 1. The van der Waals surface area contributed by atoms with E-state index >= 15 is 0 Å². The lowest BCUT2D eigenvalue weighted by atomic mass is 9.86. The standard InChI is InChI=1S/C24H22N2O2/c1-3-16-18(15-9-5-4-6-10-15)13-21(28-2)23(24(25)27)22(16)19-14-26-20-12-8-7-11-17(19)20/h4-14,26H,3H2,1-2H3,(H2,25,27). The molecule has 1 aromatic heterocycles. The van der Waals surface area contributed by atoms with Gasteiger partial charge in [0, 0.05) is 28.2 Å². The number of benzene rings is 3. The molecule has 0 radical (unpaired) electrons. The number of amides is 1. The molecule has 0 spiro atoms. The van der Waals surface area contributed by atoms with Gasteiger partial charge in [0.2, 0.25) is 0 Å². The Labute approximate surface area is 164 Å². The van der Waals surface area contributed by atoms with Crippen molar-refractivity contribution in [1.29, 1.82) is 0 Å². The average molecular weight is 370 g/mol. The Morgan fingerprint density at radius 2 is 1.75 bits per heavy atom. The van der Waals surface area contributed by atoms with E-state index in [0.29, 0.717) is 11.3 Å². The van der Waals surface area contributed by atoms with Crippen LogP contribution in [0, 0.1) is 0 Å². The molecule has 0 bridgehead atoms. The summed E-state index contributed by atoms with van der Waals surface area (Å²) in [5, 5.41) is 1.05. The fraction of sp³-hybridized carbons (Fsp3) is 0.125. The lowest BCUT2D eigenvalue weighted by Crippen LogP contribution is -2.15. The normalized spacial score (nSPS) is 10.9. The van der Waals surface area contributed by atoms with Gasteiger partial charge >= 0.3 is 0 Å². The van der Waals surface area contributed by atoms with Gasteiger partial charge in [-0.2, -0.15) is 0 Å². The number of hydrogen-bond acceptors (Lipinski definition) is 2. The van der Waals surface area contributed by atoms with Gasteiger partial charge in [-0.25, -0.2) is 0 Å². The summed E-state index contributed by atoms with van der Waals surface area (Å²) in [6, 6.07) is 20.1. The highest BCUT2D eigenvalue weighted by molar-refractivity contribution is 6.09. The lowest BCUT2D eigenvalue weighted by molar-refractivity contribution is 0.0998. The number of para-hydroxylation sites is 1. The highest BCUT2D eigenvalue weighted by atomic mass is 16.5. The van der Waals surface area contributed by atoms with Gasteiger partial charge in [0.05, 0.1) is 12.7 Å². The van der Waals surface area contributed by atoms with Crippen molar-refractivity contribution in [2.75, 3.05) is 7.11 Å². The van der Waals surface area contributed by atoms with Crippen LogP contribution in [0.5, 0.6) is 5.75 Å². The van der Waals surface area contributed by atoms with E-state index in [0.717, 1.165) is 45.1 Å². The fourth-order valence-corrected chi connectivity index (χ4v) is 3.92. The molecule has 0 saturated carbocycles. The van der Waals surface area contributed by atoms with Crippen LogP contribution >= 0.6 is 0 Å². The van der Waals surface area contributed by atoms with Crippen molar-refractivity contribution < 1.29 is 9.53 Å². The highest BCUT2D eigenvalue weighted by Gasteiger charge is 2.24. The number of nitrogens with two attached hydrogens (primary N) is 1. The summed E-state index contributed by atoms with van der Waals surface area (Å²) in [5.41, 5.74) is 12.3. The van der Waals surface area contributed by atoms with Gasteiger partial charge in [-0.3, -0.25) is 4.79 Å². The molecule has 0 aliphatic rings. The number of hydrogen-bond donors (Lipinski definition) is 2. The molecular weight excluding hydrogens is 348 g/mol. The summed E-state index contributed by atoms with van der Waals surface area (Å²) < 4.78 is 5.61. The number of aromatic nitrogens is 1. The number of rotatable bonds is 5. The molecule has 0 aliphatic carbocycles. The van der Waals surface area contributed by atoms with E-state index in [4.69, 9.17) is 10.5 Å². The maximum absolute atomic E-state index is 12.5. The first-order valence-corrected chi connectivity index (χ1v) is 9.31. The van der Waals surface area contributed by atoms with Crippen molar-refractivity contribution in [3.63, 3.8) is 0 Å². The SMILES string of the molecule is CCc1c(-c2ccccc2)cc(OC)c(C(N)=O)c1-c1c[nH]c2ccccc12. The van der Waals surface area contributed by atoms with Crippen molar-refractivity contribution in [3.8, 4) is 28.0 Å². The summed E-state index contributed by atoms with van der Waals surface area (Å²) in [7, 11) is 1.57. The molecule has 0 atom stereocenters. The van der Waals surface area contributed by atoms with Crippen LogP contribution in [0.15, 0.2) is 66.9 Å². The van der Waals surface area contributed by atoms with Crippen LogP contribution in [-0.2, 0) is 6.42 Å². The largest absolute Gasteiger partial charge is 0.496 e. The van der Waals surface area contributed by atoms with Crippen molar-refractivity contribution in [2.24, 2.45) is 5.73 Å². The predicted octanol–water partition coefficient (Wildman–Crippen LogP) is 5.17. The minimum atomic E-state index is -0.494. The molecule has 4 heteroatoms. The second kappa shape index (κ2) is 7.24. The van der Waals surface area contributed by atoms with E-state index in [9.17, 15) is 4.79 Å². The smallest absolute Gasteiger partial charge is 0.253 e. The third kappa shape index (κ3) is 2.83. The van der Waals surface area contributed by atoms with E-state index in [1.54, 1.807) is 7.11 Å². The zero-order valence-electron chi connectivity index (χ0n) is 16.0. The maximum Gasteiger partial charge on any atom is 0.253 e. The second-order valence-electron chi connectivity index (χ2n) is 6.69. The summed E-state index contributed by atoms with van der Waals surface area (Å²) in [5.74, 6) is -0.00437. The molecule has 1 amide bonds. The Balaban J connectivity index is 2.15. The molecule has 4 aromatic rings. The zero-order chi connectivity index (χ0) is 19.7. The molecule has 0 unspecified atom stereocenters. The number of methoxy groups -OCH3 is 1. The van der Waals surface area contributed by atoms with E-state index < -0.39 is 5.91 Å². The summed E-state index contributed by atoms with van der Waals surface area (Å²) >= 11 is 0. The average Bonchev–Trinajstić information content (AvgIpc) is 3.16. The number of carbonyl (C=O) groups excluding carboxylic acids is 1. The summed E-state index contributed by atoms with van der Waals surface area (Å²) in [6.07, 6.45) is 2.70. The zero-order valence-corrected chi connectivity index (χ0v) is 16.0. The quantitative estimate of drug-likeness (QED) is 0.509. The fourth-order valence-electron chi connectivity index (χ4n) is 3.92. The summed E-state index contributed by atoms with van der Waals surface area (Å²) in [4.78, 5) is 15.8. The van der Waals surface area contributed by atoms with Crippen LogP contribution in [0.25, 0.3) is 33.2 Å². The monoisotopic (exact) mass is 370 g/mol. The Bertz CT molecular complexity index is 1160. The van der Waals surface area contributed by atoms with Crippen molar-refractivity contribution in [3.05, 3.63) is 78.0 Å². The number of aromatic amines is 1. The Morgan fingerprint density at radius 3 is 2.43 bits per heavy atom. The van der Waals surface area contributed by atoms with Crippen LogP contribution in [0.4, 0.5) is 0 Å². The molecule has 0 fully saturated rings. The van der Waals surface area contributed by atoms with Gasteiger partial charge in [-0.05, 0) is 35.2 Å². The molecule has 3 N–H and O–H groups in total. The number of carbonyl (C=O) groups is 1. The van der Waals surface area contributed by atoms with Gasteiger partial charge in [0.25, 0.3) is 5.91 Å². The molecular formula is C24H22N2O2. The molecule has 140 valence electrons. The molecule has 0 saturated heterocycles. The van der Waals surface area contributed by atoms with Gasteiger partial charge in [0.15, 0.2) is 0 Å². The molecule has 0 aliphatic heterocycles. The van der Waals surface area contributed by atoms with Gasteiger partial charge in [0.1, 0.15) is 5.75 Å². The molecule has 28 heavy (non-hydrogen) atoms. The van der Waals surface area contributed by atoms with E-state index in [1.807, 2.05) is 54.7 Å². The number of fused-ring (bicyclic) bond motifs is 1. The minimum Gasteiger partial charge on any atom is -0.496 e. The maximum atomic E-state index is 12.5. The first kappa shape index (κ1) is 17.9. The highest BCUT2D eigenvalue weighted by Crippen LogP contribution is 2.43. The lowest BCUT2D eigenvalue weighted by Gasteiger charge is -2.20. The van der Waals surface area contributed by atoms with Crippen LogP contribution in [0.2, 0.25) is 0 Å². The number of ether oxygens (including phenoxy) is 1. The first-order chi connectivity index (χ1) is 13.7. The molecule has 4 nitrogen and oxygen atoms in total. The Kier molecular flexibility index (Phi) is 4.62. The van der Waals surface area contributed by atoms with Gasteiger partial charge in [-0.1, -0.05) is 55.5 Å². The van der Waals surface area contributed by atoms with Crippen LogP contribution < -0.4 is 10.5 Å². The van der Waals surface area contributed by atoms with Crippen molar-refractivity contribution in [2.45, 2.75) is 13.3 Å². The van der Waals surface area contributed by atoms with Crippen molar-refractivity contribution in [1.82, 2.24) is 4.98 Å². The molecule has 4 rings (SSSR count). The topological polar surface area (TPSA) is 68.1 Å². The third-order valence-corrected chi connectivity index (χ3v) is 5.16. The summed E-state index contributed by atoms with van der Waals surface area (Å²) in [6.45, 7) is 2.09. The van der Waals surface area contributed by atoms with E-state index in [-0.39, 0.29) is 0 Å². The Morgan fingerprint density at radius 1 is 1.04 bits per heavy atom. The van der Waals surface area contributed by atoms with Crippen LogP contribution in [-0.4, -0.2) is 18.0 Å². The van der Waals surface area contributed by atoms with E-state index in [2.05, 4.69) is 24.0 Å². The molecule has 1 heterocycles. The third-order valence-electron chi connectivity index (χ3n) is 5.16. The second-order valence-corrected chi connectivity index (χ2v) is 6.69. The predicted molar refractivity (Wildman–Crippen MR) is 114 cm³/mol. The van der Waals surface area contributed by atoms with Crippen molar-refractivity contribution >= 4 is 16.8 Å². The number of nitrogens with one attached hydrogen (secondary N) is 1. The van der Waals surface area contributed by atoms with Gasteiger partial charge in [-0.15, -0.1) is 0 Å². The molecule has 3 aromatic carbocycles. The van der Waals surface area contributed by atoms with Gasteiger partial charge < -0.3 is 15.5 Å².